The number of pyridine rings is 1. The molecule has 4 aromatic carbocycles. The first-order valence-electron chi connectivity index (χ1n) is 14.8. The van der Waals surface area contributed by atoms with Gasteiger partial charge in [0.2, 0.25) is 5.69 Å². The third-order valence-electron chi connectivity index (χ3n) is 7.36. The van der Waals surface area contributed by atoms with Crippen LogP contribution in [0.5, 0.6) is 11.5 Å². The third-order valence-corrected chi connectivity index (χ3v) is 7.36. The third kappa shape index (κ3) is 4.00. The molecule has 0 radical (unpaired) electrons. The summed E-state index contributed by atoms with van der Waals surface area (Å²) in [7, 11) is 0. The van der Waals surface area contributed by atoms with Crippen LogP contribution in [-0.2, 0) is 5.41 Å². The molecule has 0 N–H and O–H groups in total. The van der Waals surface area contributed by atoms with Crippen LogP contribution in [0.3, 0.4) is 0 Å². The zero-order valence-corrected chi connectivity index (χ0v) is 22.6. The summed E-state index contributed by atoms with van der Waals surface area (Å²) in [6.45, 7) is 4.26. The van der Waals surface area contributed by atoms with E-state index in [1.165, 1.54) is 10.1 Å². The van der Waals surface area contributed by atoms with E-state index < -0.39 is 6.98 Å². The van der Waals surface area contributed by atoms with Crippen LogP contribution < -0.4 is 9.31 Å². The molecular formula is C35H30N4O+2. The minimum Gasteiger partial charge on any atom is -0.457 e. The Labute approximate surface area is 237 Å². The summed E-state index contributed by atoms with van der Waals surface area (Å²) >= 11 is 0. The van der Waals surface area contributed by atoms with Gasteiger partial charge in [0, 0.05) is 41.2 Å². The molecule has 40 heavy (non-hydrogen) atoms. The molecule has 0 saturated heterocycles. The van der Waals surface area contributed by atoms with Crippen molar-refractivity contribution in [3.8, 4) is 17.3 Å². The zero-order chi connectivity index (χ0) is 29.9. The number of hydrogen-bond acceptors (Lipinski definition) is 2. The fourth-order valence-electron chi connectivity index (χ4n) is 5.34. The normalized spacial score (nSPS) is 14.3. The first kappa shape index (κ1) is 20.9. The highest BCUT2D eigenvalue weighted by Crippen LogP contribution is 2.37. The van der Waals surface area contributed by atoms with Crippen molar-refractivity contribution in [1.29, 1.82) is 0 Å². The van der Waals surface area contributed by atoms with Crippen LogP contribution in [0.1, 0.15) is 30.4 Å². The number of rotatable bonds is 4. The number of benzene rings is 4. The molecule has 1 aliphatic rings. The molecule has 0 amide bonds. The standard InChI is InChI=1S/C35H30N4O/c1-35(2,3)24-18-19-36-34(20-24)39-30-13-6-5-12-28(30)29-17-16-27(22-33(29)39)40-26-11-9-10-25(21-26)38-23-37(4)31-14-7-8-15-32(31)38/h5-22H,1-4H3/q+2/i4D3. The van der Waals surface area contributed by atoms with Crippen LogP contribution in [0.15, 0.2) is 109 Å². The molecule has 0 bridgehead atoms. The molecule has 0 unspecified atom stereocenters. The Hall–Kier alpha value is -4.99. The Morgan fingerprint density at radius 1 is 0.775 bits per heavy atom. The van der Waals surface area contributed by atoms with Crippen LogP contribution in [0.2, 0.25) is 0 Å². The Morgan fingerprint density at radius 3 is 2.40 bits per heavy atom. The largest absolute Gasteiger partial charge is 0.496 e. The molecule has 0 aliphatic carbocycles. The quantitative estimate of drug-likeness (QED) is 0.216. The molecule has 1 aliphatic heterocycles. The van der Waals surface area contributed by atoms with E-state index >= 15 is 0 Å². The molecule has 0 fully saturated rings. The molecule has 5 nitrogen and oxygen atoms in total. The zero-order valence-electron chi connectivity index (χ0n) is 25.6. The Morgan fingerprint density at radius 2 is 1.55 bits per heavy atom. The highest BCUT2D eigenvalue weighted by atomic mass is 16.5. The molecule has 0 saturated carbocycles. The number of ether oxygens (including phenoxy) is 1. The van der Waals surface area contributed by atoms with E-state index in [0.29, 0.717) is 17.2 Å². The van der Waals surface area contributed by atoms with Gasteiger partial charge in [-0.1, -0.05) is 61.7 Å². The van der Waals surface area contributed by atoms with E-state index in [2.05, 4.69) is 67.7 Å². The summed E-state index contributed by atoms with van der Waals surface area (Å²) < 4.78 is 35.5. The van der Waals surface area contributed by atoms with E-state index in [9.17, 15) is 0 Å². The van der Waals surface area contributed by atoms with E-state index in [1.54, 1.807) is 10.6 Å². The van der Waals surface area contributed by atoms with Crippen molar-refractivity contribution in [2.24, 2.45) is 0 Å². The highest BCUT2D eigenvalue weighted by Gasteiger charge is 2.32. The van der Waals surface area contributed by atoms with Crippen LogP contribution in [-0.4, -0.2) is 27.1 Å². The molecule has 0 spiro atoms. The van der Waals surface area contributed by atoms with Crippen molar-refractivity contribution >= 4 is 44.9 Å². The average Bonchev–Trinajstić information content (AvgIpc) is 3.53. The summed E-state index contributed by atoms with van der Waals surface area (Å²) in [4.78, 5) is 4.77. The fourth-order valence-corrected chi connectivity index (χ4v) is 5.34. The number of aromatic nitrogens is 2. The summed E-state index contributed by atoms with van der Waals surface area (Å²) in [5.41, 5.74) is 5.34. The second-order valence-corrected chi connectivity index (χ2v) is 11.0. The Kier molecular flexibility index (Phi) is 4.73. The monoisotopic (exact) mass is 525 g/mol. The van der Waals surface area contributed by atoms with Crippen LogP contribution in [0.4, 0.5) is 17.1 Å². The van der Waals surface area contributed by atoms with Gasteiger partial charge in [-0.05, 0) is 52.0 Å². The second-order valence-electron chi connectivity index (χ2n) is 11.0. The van der Waals surface area contributed by atoms with Crippen molar-refractivity contribution in [3.63, 3.8) is 0 Å². The Bertz CT molecular complexity index is 2130. The van der Waals surface area contributed by atoms with Crippen molar-refractivity contribution < 1.29 is 13.4 Å². The van der Waals surface area contributed by atoms with Gasteiger partial charge in [-0.3, -0.25) is 4.57 Å². The maximum Gasteiger partial charge on any atom is 0.496 e. The van der Waals surface area contributed by atoms with Gasteiger partial charge >= 0.3 is 6.01 Å². The van der Waals surface area contributed by atoms with Crippen LogP contribution in [0, 0.1) is 0 Å². The number of fused-ring (bicyclic) bond motifs is 4. The summed E-state index contributed by atoms with van der Waals surface area (Å²) in [6.07, 6.45) is 1.88. The molecule has 5 heteroatoms. The van der Waals surface area contributed by atoms with Gasteiger partial charge in [0.1, 0.15) is 21.4 Å². The SMILES string of the molecule is [2H]C([2H])([2H])[N+]1=C=[N+](c2cccc(Oc3ccc4c5ccccc5n(-c5cc(C(C)(C)C)ccn5)c4c3)c2)c2ccccc21. The van der Waals surface area contributed by atoms with E-state index in [1.807, 2.05) is 66.9 Å². The number of para-hydroxylation sites is 3. The van der Waals surface area contributed by atoms with E-state index in [0.717, 1.165) is 39.0 Å². The average molecular weight is 526 g/mol. The van der Waals surface area contributed by atoms with Crippen LogP contribution in [0.25, 0.3) is 27.6 Å². The molecular weight excluding hydrogens is 492 g/mol. The minimum atomic E-state index is -2.35. The van der Waals surface area contributed by atoms with Gasteiger partial charge in [-0.25, -0.2) is 4.98 Å². The summed E-state index contributed by atoms with van der Waals surface area (Å²) in [6, 6.07) is 36.7. The van der Waals surface area contributed by atoms with Gasteiger partial charge in [-0.15, -0.1) is 0 Å². The number of nitrogens with zero attached hydrogens (tertiary/aromatic N) is 4. The molecule has 3 heterocycles. The van der Waals surface area contributed by atoms with E-state index in [-0.39, 0.29) is 5.41 Å². The van der Waals surface area contributed by atoms with Crippen molar-refractivity contribution in [3.05, 3.63) is 115 Å². The lowest BCUT2D eigenvalue weighted by atomic mass is 9.88. The first-order chi connectivity index (χ1) is 20.6. The maximum atomic E-state index is 7.97. The highest BCUT2D eigenvalue weighted by molar-refractivity contribution is 6.09. The smallest absolute Gasteiger partial charge is 0.457 e. The predicted molar refractivity (Wildman–Crippen MR) is 163 cm³/mol. The van der Waals surface area contributed by atoms with Gasteiger partial charge < -0.3 is 4.74 Å². The lowest BCUT2D eigenvalue weighted by Gasteiger charge is -2.20. The molecule has 6 aromatic rings. The van der Waals surface area contributed by atoms with E-state index in [4.69, 9.17) is 13.8 Å². The molecule has 194 valence electrons. The van der Waals surface area contributed by atoms with Gasteiger partial charge in [0.25, 0.3) is 11.4 Å². The molecule has 2 aromatic heterocycles. The van der Waals surface area contributed by atoms with Crippen LogP contribution >= 0.6 is 0 Å². The lowest BCUT2D eigenvalue weighted by Crippen LogP contribution is -2.12. The summed E-state index contributed by atoms with van der Waals surface area (Å²) in [5.74, 6) is 2.16. The Balaban J connectivity index is 1.32. The predicted octanol–water partition coefficient (Wildman–Crippen LogP) is 8.56. The molecule has 7 rings (SSSR count). The fraction of sp³-hybridized carbons (Fsp3) is 0.143. The molecule has 0 atom stereocenters. The van der Waals surface area contributed by atoms with Crippen molar-refractivity contribution in [2.75, 3.05) is 6.98 Å². The maximum absolute atomic E-state index is 7.97. The van der Waals surface area contributed by atoms with Crippen molar-refractivity contribution in [1.82, 2.24) is 14.1 Å². The van der Waals surface area contributed by atoms with Gasteiger partial charge in [0.15, 0.2) is 6.98 Å². The second kappa shape index (κ2) is 9.04. The minimum absolute atomic E-state index is 0.0129. The van der Waals surface area contributed by atoms with Crippen molar-refractivity contribution in [2.45, 2.75) is 26.2 Å². The topological polar surface area (TPSA) is 33.1 Å². The lowest BCUT2D eigenvalue weighted by molar-refractivity contribution is -0.394. The van der Waals surface area contributed by atoms with Gasteiger partial charge in [0.05, 0.1) is 17.1 Å². The first-order valence-corrected chi connectivity index (χ1v) is 13.3. The summed E-state index contributed by atoms with van der Waals surface area (Å²) in [5, 5.41) is 2.26. The number of hydrogen-bond donors (Lipinski definition) is 0. The van der Waals surface area contributed by atoms with Gasteiger partial charge in [-0.2, -0.15) is 0 Å².